The van der Waals surface area contributed by atoms with Crippen molar-refractivity contribution in [1.82, 2.24) is 5.32 Å². The van der Waals surface area contributed by atoms with E-state index in [1.807, 2.05) is 12.5 Å². The molecular weight excluding hydrogens is 172 g/mol. The summed E-state index contributed by atoms with van der Waals surface area (Å²) in [4.78, 5) is 4.17. The minimum atomic E-state index is 0.870. The van der Waals surface area contributed by atoms with E-state index in [4.69, 9.17) is 0 Å². The van der Waals surface area contributed by atoms with Gasteiger partial charge in [0.1, 0.15) is 0 Å². The van der Waals surface area contributed by atoms with Crippen molar-refractivity contribution in [2.45, 2.75) is 38.5 Å². The molecule has 0 bridgehead atoms. The van der Waals surface area contributed by atoms with Gasteiger partial charge in [-0.25, -0.2) is 4.99 Å². The van der Waals surface area contributed by atoms with Gasteiger partial charge in [0.05, 0.1) is 6.34 Å². The third kappa shape index (κ3) is 1.21. The second-order valence-corrected chi connectivity index (χ2v) is 4.46. The first-order valence-corrected chi connectivity index (χ1v) is 5.66. The van der Waals surface area contributed by atoms with Crippen LogP contribution in [0, 0.1) is 5.92 Å². The van der Waals surface area contributed by atoms with Crippen molar-refractivity contribution in [1.29, 1.82) is 0 Å². The van der Waals surface area contributed by atoms with Crippen LogP contribution in [0.2, 0.25) is 0 Å². The van der Waals surface area contributed by atoms with Crippen LogP contribution in [0.5, 0.6) is 0 Å². The molecule has 0 aromatic heterocycles. The van der Waals surface area contributed by atoms with Crippen LogP contribution in [-0.4, -0.2) is 6.34 Å². The Hall–Kier alpha value is -1.05. The van der Waals surface area contributed by atoms with Crippen LogP contribution in [0.1, 0.15) is 38.5 Å². The molecule has 14 heavy (non-hydrogen) atoms. The molecule has 1 fully saturated rings. The number of rotatable bonds is 0. The number of nitrogens with zero attached hydrogens (tertiary/aromatic N) is 1. The molecule has 74 valence electrons. The van der Waals surface area contributed by atoms with Crippen molar-refractivity contribution in [3.63, 3.8) is 0 Å². The summed E-state index contributed by atoms with van der Waals surface area (Å²) in [5, 5.41) is 3.34. The highest BCUT2D eigenvalue weighted by atomic mass is 15.0. The van der Waals surface area contributed by atoms with Gasteiger partial charge >= 0.3 is 0 Å². The van der Waals surface area contributed by atoms with Gasteiger partial charge in [-0.2, -0.15) is 0 Å². The van der Waals surface area contributed by atoms with Crippen molar-refractivity contribution in [3.8, 4) is 0 Å². The maximum atomic E-state index is 4.17. The summed E-state index contributed by atoms with van der Waals surface area (Å²) in [5.74, 6) is 0.870. The molecule has 3 aliphatic rings. The molecule has 2 nitrogen and oxygen atoms in total. The van der Waals surface area contributed by atoms with Crippen molar-refractivity contribution < 1.29 is 0 Å². The average Bonchev–Trinajstić information content (AvgIpc) is 2.29. The number of hydrogen-bond donors (Lipinski definition) is 1. The first-order valence-electron chi connectivity index (χ1n) is 5.66. The van der Waals surface area contributed by atoms with E-state index >= 15 is 0 Å². The Morgan fingerprint density at radius 2 is 2.21 bits per heavy atom. The highest BCUT2D eigenvalue weighted by Crippen LogP contribution is 2.41. The molecule has 0 amide bonds. The minimum Gasteiger partial charge on any atom is -0.346 e. The second-order valence-electron chi connectivity index (χ2n) is 4.46. The molecule has 2 aliphatic carbocycles. The molecule has 1 N–H and O–H groups in total. The maximum absolute atomic E-state index is 4.17. The lowest BCUT2D eigenvalue weighted by molar-refractivity contribution is 0.409. The fourth-order valence-corrected chi connectivity index (χ4v) is 2.94. The monoisotopic (exact) mass is 188 g/mol. The first kappa shape index (κ1) is 8.27. The summed E-state index contributed by atoms with van der Waals surface area (Å²) in [5.41, 5.74) is 4.52. The van der Waals surface area contributed by atoms with Gasteiger partial charge in [-0.3, -0.25) is 0 Å². The predicted molar refractivity (Wildman–Crippen MR) is 57.9 cm³/mol. The third-order valence-electron chi connectivity index (χ3n) is 3.66. The van der Waals surface area contributed by atoms with Crippen molar-refractivity contribution in [3.05, 3.63) is 23.0 Å². The SMILES string of the molecule is C1=NC=C2CCC3CCCCC3=C2N1. The van der Waals surface area contributed by atoms with Gasteiger partial charge in [-0.15, -0.1) is 0 Å². The van der Waals surface area contributed by atoms with Crippen molar-refractivity contribution in [2.24, 2.45) is 10.9 Å². The van der Waals surface area contributed by atoms with E-state index in [1.165, 1.54) is 49.8 Å². The van der Waals surface area contributed by atoms with Crippen LogP contribution in [0.25, 0.3) is 0 Å². The molecule has 0 aromatic carbocycles. The summed E-state index contributed by atoms with van der Waals surface area (Å²) in [6.07, 6.45) is 11.9. The highest BCUT2D eigenvalue weighted by Gasteiger charge is 2.28. The molecule has 3 rings (SSSR count). The van der Waals surface area contributed by atoms with E-state index < -0.39 is 0 Å². The van der Waals surface area contributed by atoms with Gasteiger partial charge < -0.3 is 5.32 Å². The Morgan fingerprint density at radius 1 is 1.21 bits per heavy atom. The lowest BCUT2D eigenvalue weighted by Crippen LogP contribution is -2.26. The lowest BCUT2D eigenvalue weighted by Gasteiger charge is -2.34. The molecule has 1 saturated carbocycles. The van der Waals surface area contributed by atoms with Crippen LogP contribution in [0.3, 0.4) is 0 Å². The Morgan fingerprint density at radius 3 is 3.21 bits per heavy atom. The van der Waals surface area contributed by atoms with E-state index in [0.29, 0.717) is 0 Å². The standard InChI is InChI=1S/C12H16N2/c1-2-4-11-9(3-1)5-6-10-7-13-8-14-12(10)11/h7-9H,1-6H2,(H,13,14). The zero-order valence-electron chi connectivity index (χ0n) is 8.42. The Kier molecular flexibility index (Phi) is 1.93. The fraction of sp³-hybridized carbons (Fsp3) is 0.583. The van der Waals surface area contributed by atoms with Gasteiger partial charge in [0.2, 0.25) is 0 Å². The maximum Gasteiger partial charge on any atom is 0.0923 e. The van der Waals surface area contributed by atoms with Crippen LogP contribution >= 0.6 is 0 Å². The predicted octanol–water partition coefficient (Wildman–Crippen LogP) is 2.74. The fourth-order valence-electron chi connectivity index (χ4n) is 2.94. The minimum absolute atomic E-state index is 0.870. The molecule has 0 aromatic rings. The summed E-state index contributed by atoms with van der Waals surface area (Å²) in [6.45, 7) is 0. The second kappa shape index (κ2) is 3.26. The topological polar surface area (TPSA) is 24.4 Å². The highest BCUT2D eigenvalue weighted by molar-refractivity contribution is 5.64. The van der Waals surface area contributed by atoms with E-state index in [1.54, 1.807) is 5.57 Å². The molecule has 1 atom stereocenters. The van der Waals surface area contributed by atoms with Crippen LogP contribution in [0.4, 0.5) is 0 Å². The normalized spacial score (nSPS) is 30.3. The van der Waals surface area contributed by atoms with Crippen LogP contribution < -0.4 is 5.32 Å². The summed E-state index contributed by atoms with van der Waals surface area (Å²) >= 11 is 0. The van der Waals surface area contributed by atoms with E-state index in [9.17, 15) is 0 Å². The smallest absolute Gasteiger partial charge is 0.0923 e. The number of aliphatic imine (C=N–C) groups is 1. The molecule has 1 aliphatic heterocycles. The molecule has 1 unspecified atom stereocenters. The number of fused-ring (bicyclic) bond motifs is 2. The molecule has 0 spiro atoms. The quantitative estimate of drug-likeness (QED) is 0.621. The Bertz CT molecular complexity index is 336. The van der Waals surface area contributed by atoms with Gasteiger partial charge in [-0.05, 0) is 49.2 Å². The lowest BCUT2D eigenvalue weighted by atomic mass is 9.75. The molecular formula is C12H16N2. The first-order chi connectivity index (χ1) is 6.95. The van der Waals surface area contributed by atoms with Crippen LogP contribution in [0.15, 0.2) is 28.0 Å². The third-order valence-corrected chi connectivity index (χ3v) is 3.66. The van der Waals surface area contributed by atoms with Gasteiger partial charge in [0, 0.05) is 11.9 Å². The Balaban J connectivity index is 2.01. The van der Waals surface area contributed by atoms with Crippen molar-refractivity contribution >= 4 is 6.34 Å². The van der Waals surface area contributed by atoms with Gasteiger partial charge in [0.25, 0.3) is 0 Å². The number of allylic oxidation sites excluding steroid dienone is 2. The van der Waals surface area contributed by atoms with E-state index in [0.717, 1.165) is 5.92 Å². The summed E-state index contributed by atoms with van der Waals surface area (Å²) < 4.78 is 0. The Labute approximate surface area is 84.8 Å². The van der Waals surface area contributed by atoms with E-state index in [2.05, 4.69) is 10.3 Å². The van der Waals surface area contributed by atoms with Gasteiger partial charge in [-0.1, -0.05) is 6.42 Å². The number of nitrogens with one attached hydrogen (secondary N) is 1. The molecule has 1 heterocycles. The zero-order valence-corrected chi connectivity index (χ0v) is 8.42. The largest absolute Gasteiger partial charge is 0.346 e. The van der Waals surface area contributed by atoms with Gasteiger partial charge in [0.15, 0.2) is 0 Å². The zero-order chi connectivity index (χ0) is 9.38. The van der Waals surface area contributed by atoms with E-state index in [-0.39, 0.29) is 0 Å². The molecule has 2 heteroatoms. The molecule has 0 saturated heterocycles. The summed E-state index contributed by atoms with van der Waals surface area (Å²) in [7, 11) is 0. The number of hydrogen-bond acceptors (Lipinski definition) is 2. The average molecular weight is 188 g/mol. The molecule has 0 radical (unpaired) electrons. The summed E-state index contributed by atoms with van der Waals surface area (Å²) in [6, 6.07) is 0. The van der Waals surface area contributed by atoms with Crippen LogP contribution in [-0.2, 0) is 0 Å². The van der Waals surface area contributed by atoms with Crippen molar-refractivity contribution in [2.75, 3.05) is 0 Å².